The van der Waals surface area contributed by atoms with E-state index in [-0.39, 0.29) is 0 Å². The van der Waals surface area contributed by atoms with E-state index in [1.54, 1.807) is 0 Å². The monoisotopic (exact) mass is 302 g/mol. The van der Waals surface area contributed by atoms with Gasteiger partial charge in [0.2, 0.25) is 0 Å². The van der Waals surface area contributed by atoms with E-state index in [4.69, 9.17) is 4.55 Å². The second kappa shape index (κ2) is 10.8. The second-order valence-corrected chi connectivity index (χ2v) is 6.58. The Balaban J connectivity index is 0.000000621. The molecule has 4 nitrogen and oxygen atoms in total. The summed E-state index contributed by atoms with van der Waals surface area (Å²) in [5.74, 6) is 0. The van der Waals surface area contributed by atoms with Crippen LogP contribution < -0.4 is 4.57 Å². The quantitative estimate of drug-likeness (QED) is 0.478. The van der Waals surface area contributed by atoms with Gasteiger partial charge in [-0.05, 0) is 18.9 Å². The number of unbranched alkanes of at least 4 members (excludes halogenated alkanes) is 5. The molecule has 0 saturated carbocycles. The fraction of sp³-hybridized carbons (Fsp3) is 0.667. The molecule has 0 radical (unpaired) electrons. The first kappa shape index (κ1) is 19.1. The topological polar surface area (TPSA) is 58.2 Å². The third-order valence-electron chi connectivity index (χ3n) is 2.83. The Morgan fingerprint density at radius 2 is 1.50 bits per heavy atom. The summed E-state index contributed by atoms with van der Waals surface area (Å²) in [6.45, 7) is 5.57. The predicted molar refractivity (Wildman–Crippen MR) is 82.2 cm³/mol. The van der Waals surface area contributed by atoms with Crippen molar-refractivity contribution in [1.29, 1.82) is 0 Å². The smallest absolute Gasteiger partial charge is 0.261 e. The van der Waals surface area contributed by atoms with Gasteiger partial charge in [0.1, 0.15) is 6.54 Å². The molecular formula is C15H28NO3S+. The molecule has 0 aliphatic rings. The predicted octanol–water partition coefficient (Wildman–Crippen LogP) is 3.15. The van der Waals surface area contributed by atoms with Crippen LogP contribution in [-0.4, -0.2) is 19.2 Å². The molecule has 0 amide bonds. The number of aryl methyl sites for hydroxylation is 2. The summed E-state index contributed by atoms with van der Waals surface area (Å²) in [5, 5.41) is 0. The third kappa shape index (κ3) is 15.1. The van der Waals surface area contributed by atoms with Crippen molar-refractivity contribution in [3.8, 4) is 0 Å². The van der Waals surface area contributed by atoms with E-state index in [1.807, 2.05) is 0 Å². The summed E-state index contributed by atoms with van der Waals surface area (Å²) in [5.41, 5.74) is 1.34. The maximum Gasteiger partial charge on any atom is 0.261 e. The highest BCUT2D eigenvalue weighted by molar-refractivity contribution is 7.85. The standard InChI is InChI=1S/C14H24N.CH4O3S/c1-3-4-5-6-7-8-11-15-12-9-14(2)10-13-15;1-5(2,3)4/h9-10,12-13H,3-8,11H2,1-2H3;1H3,(H,2,3,4)/q+1;. The van der Waals surface area contributed by atoms with Crippen molar-refractivity contribution in [3.05, 3.63) is 30.1 Å². The zero-order chi connectivity index (χ0) is 15.4. The van der Waals surface area contributed by atoms with Gasteiger partial charge < -0.3 is 0 Å². The van der Waals surface area contributed by atoms with Crippen molar-refractivity contribution in [2.75, 3.05) is 6.26 Å². The van der Waals surface area contributed by atoms with Crippen LogP contribution in [0, 0.1) is 6.92 Å². The molecule has 0 fully saturated rings. The van der Waals surface area contributed by atoms with Gasteiger partial charge in [-0.2, -0.15) is 8.42 Å². The fourth-order valence-corrected chi connectivity index (χ4v) is 1.76. The molecule has 0 unspecified atom stereocenters. The maximum atomic E-state index is 9.19. The molecule has 0 saturated heterocycles. The van der Waals surface area contributed by atoms with Crippen LogP contribution in [0.3, 0.4) is 0 Å². The molecule has 0 atom stereocenters. The summed E-state index contributed by atoms with van der Waals surface area (Å²) in [7, 11) is -3.67. The minimum absolute atomic E-state index is 0.715. The van der Waals surface area contributed by atoms with Gasteiger partial charge in [0.25, 0.3) is 10.1 Å². The van der Waals surface area contributed by atoms with E-state index in [0.717, 1.165) is 0 Å². The lowest BCUT2D eigenvalue weighted by atomic mass is 10.1. The highest BCUT2D eigenvalue weighted by Gasteiger charge is 1.98. The van der Waals surface area contributed by atoms with Gasteiger partial charge in [0.05, 0.1) is 6.26 Å². The van der Waals surface area contributed by atoms with Crippen LogP contribution in [0.4, 0.5) is 0 Å². The lowest BCUT2D eigenvalue weighted by molar-refractivity contribution is -0.697. The zero-order valence-electron chi connectivity index (χ0n) is 12.9. The Hall–Kier alpha value is -0.940. The molecule has 0 aliphatic heterocycles. The average molecular weight is 302 g/mol. The number of nitrogens with zero attached hydrogens (tertiary/aromatic N) is 1. The second-order valence-electron chi connectivity index (χ2n) is 5.11. The van der Waals surface area contributed by atoms with Crippen LogP contribution in [0.25, 0.3) is 0 Å². The number of hydrogen-bond acceptors (Lipinski definition) is 2. The van der Waals surface area contributed by atoms with Gasteiger partial charge in [-0.1, -0.05) is 32.6 Å². The van der Waals surface area contributed by atoms with Crippen LogP contribution in [0.2, 0.25) is 0 Å². The molecule has 1 N–H and O–H groups in total. The van der Waals surface area contributed by atoms with E-state index >= 15 is 0 Å². The van der Waals surface area contributed by atoms with Crippen molar-refractivity contribution in [3.63, 3.8) is 0 Å². The Morgan fingerprint density at radius 1 is 1.05 bits per heavy atom. The van der Waals surface area contributed by atoms with Crippen molar-refractivity contribution in [2.24, 2.45) is 0 Å². The van der Waals surface area contributed by atoms with E-state index in [1.165, 1.54) is 50.6 Å². The number of aromatic nitrogens is 1. The van der Waals surface area contributed by atoms with E-state index in [0.29, 0.717) is 6.26 Å². The number of rotatable bonds is 7. The molecule has 0 aliphatic carbocycles. The average Bonchev–Trinajstić information content (AvgIpc) is 2.34. The van der Waals surface area contributed by atoms with Crippen molar-refractivity contribution >= 4 is 10.1 Å². The molecule has 5 heteroatoms. The third-order valence-corrected chi connectivity index (χ3v) is 2.83. The highest BCUT2D eigenvalue weighted by atomic mass is 32.2. The molecule has 1 aromatic rings. The van der Waals surface area contributed by atoms with E-state index in [2.05, 4.69) is 42.9 Å². The largest absolute Gasteiger partial charge is 0.286 e. The zero-order valence-corrected chi connectivity index (χ0v) is 13.7. The SMILES string of the molecule is CCCCCCCC[n+]1ccc(C)cc1.CS(=O)(=O)O. The van der Waals surface area contributed by atoms with Crippen molar-refractivity contribution in [1.82, 2.24) is 0 Å². The molecule has 0 bridgehead atoms. The summed E-state index contributed by atoms with van der Waals surface area (Å²) < 4.78 is 28.2. The van der Waals surface area contributed by atoms with E-state index in [9.17, 15) is 8.42 Å². The van der Waals surface area contributed by atoms with Crippen molar-refractivity contribution in [2.45, 2.75) is 58.9 Å². The minimum Gasteiger partial charge on any atom is -0.286 e. The van der Waals surface area contributed by atoms with Gasteiger partial charge in [-0.3, -0.25) is 4.55 Å². The van der Waals surface area contributed by atoms with Crippen LogP contribution in [0.5, 0.6) is 0 Å². The summed E-state index contributed by atoms with van der Waals surface area (Å²) >= 11 is 0. The molecule has 116 valence electrons. The molecular weight excluding hydrogens is 274 g/mol. The van der Waals surface area contributed by atoms with Crippen LogP contribution in [-0.2, 0) is 16.7 Å². The molecule has 1 rings (SSSR count). The number of pyridine rings is 1. The first-order valence-electron chi connectivity index (χ1n) is 7.21. The highest BCUT2D eigenvalue weighted by Crippen LogP contribution is 2.04. The Kier molecular flexibility index (Phi) is 10.3. The summed E-state index contributed by atoms with van der Waals surface area (Å²) in [4.78, 5) is 0. The van der Waals surface area contributed by atoms with Gasteiger partial charge >= 0.3 is 0 Å². The van der Waals surface area contributed by atoms with Gasteiger partial charge in [-0.25, -0.2) is 4.57 Å². The van der Waals surface area contributed by atoms with Crippen LogP contribution in [0.1, 0.15) is 51.0 Å². The maximum absolute atomic E-state index is 9.19. The molecule has 1 heterocycles. The summed E-state index contributed by atoms with van der Waals surface area (Å²) in [6, 6.07) is 4.36. The lowest BCUT2D eigenvalue weighted by Gasteiger charge is -1.99. The minimum atomic E-state index is -3.67. The molecule has 0 aromatic carbocycles. The normalized spacial score (nSPS) is 10.8. The molecule has 1 aromatic heterocycles. The van der Waals surface area contributed by atoms with Gasteiger partial charge in [0, 0.05) is 18.6 Å². The van der Waals surface area contributed by atoms with Gasteiger partial charge in [-0.15, -0.1) is 0 Å². The van der Waals surface area contributed by atoms with Crippen LogP contribution >= 0.6 is 0 Å². The van der Waals surface area contributed by atoms with E-state index < -0.39 is 10.1 Å². The first-order chi connectivity index (χ1) is 9.33. The van der Waals surface area contributed by atoms with Gasteiger partial charge in [0.15, 0.2) is 12.4 Å². The molecule has 20 heavy (non-hydrogen) atoms. The summed E-state index contributed by atoms with van der Waals surface area (Å²) in [6.07, 6.45) is 13.3. The Bertz CT molecular complexity index is 433. The lowest BCUT2D eigenvalue weighted by Crippen LogP contribution is -2.32. The Morgan fingerprint density at radius 3 is 2.00 bits per heavy atom. The van der Waals surface area contributed by atoms with Crippen LogP contribution in [0.15, 0.2) is 24.5 Å². The molecule has 0 spiro atoms. The number of hydrogen-bond donors (Lipinski definition) is 1. The Labute approximate surface area is 123 Å². The fourth-order valence-electron chi connectivity index (χ4n) is 1.76. The first-order valence-corrected chi connectivity index (χ1v) is 9.06. The van der Waals surface area contributed by atoms with Crippen molar-refractivity contribution < 1.29 is 17.5 Å².